The normalized spacial score (nSPS) is 11.0. The molecular formula is C16H16FN3S. The molecule has 3 aromatic rings. The zero-order valence-electron chi connectivity index (χ0n) is 11.7. The summed E-state index contributed by atoms with van der Waals surface area (Å²) in [7, 11) is 0. The highest BCUT2D eigenvalue weighted by molar-refractivity contribution is 7.22. The Morgan fingerprint density at radius 1 is 1.19 bits per heavy atom. The van der Waals surface area contributed by atoms with Crippen molar-refractivity contribution in [3.05, 3.63) is 53.8 Å². The van der Waals surface area contributed by atoms with Crippen LogP contribution >= 0.6 is 11.3 Å². The number of hydrogen-bond acceptors (Lipinski definition) is 4. The van der Waals surface area contributed by atoms with E-state index < -0.39 is 0 Å². The number of benzene rings is 2. The second kappa shape index (κ2) is 5.69. The van der Waals surface area contributed by atoms with Crippen molar-refractivity contribution in [3.8, 4) is 0 Å². The average molecular weight is 301 g/mol. The molecule has 0 unspecified atom stereocenters. The molecule has 0 saturated carbocycles. The first-order valence-electron chi connectivity index (χ1n) is 6.81. The largest absolute Gasteiger partial charge is 0.375 e. The second-order valence-electron chi connectivity index (χ2n) is 4.84. The maximum atomic E-state index is 13.0. The molecule has 0 atom stereocenters. The van der Waals surface area contributed by atoms with E-state index >= 15 is 0 Å². The van der Waals surface area contributed by atoms with Crippen molar-refractivity contribution >= 4 is 32.4 Å². The smallest absolute Gasteiger partial charge is 0.181 e. The Hall–Kier alpha value is -2.14. The molecule has 0 aliphatic rings. The van der Waals surface area contributed by atoms with E-state index in [1.165, 1.54) is 29.0 Å². The Labute approximate surface area is 126 Å². The number of aromatic nitrogens is 1. The molecule has 1 aromatic heterocycles. The van der Waals surface area contributed by atoms with Crippen LogP contribution < -0.4 is 10.6 Å². The summed E-state index contributed by atoms with van der Waals surface area (Å²) in [6, 6.07) is 12.8. The summed E-state index contributed by atoms with van der Waals surface area (Å²) in [5, 5.41) is 0.591. The molecule has 2 N–H and O–H groups in total. The number of halogens is 1. The summed E-state index contributed by atoms with van der Waals surface area (Å²) in [5.74, 6) is -0.212. The van der Waals surface area contributed by atoms with Crippen molar-refractivity contribution in [3.63, 3.8) is 0 Å². The van der Waals surface area contributed by atoms with Gasteiger partial charge in [0.2, 0.25) is 0 Å². The number of anilines is 2. The van der Waals surface area contributed by atoms with Crippen LogP contribution in [0.4, 0.5) is 15.2 Å². The van der Waals surface area contributed by atoms with Gasteiger partial charge in [-0.15, -0.1) is 0 Å². The zero-order valence-corrected chi connectivity index (χ0v) is 12.5. The molecule has 0 spiro atoms. The molecule has 3 nitrogen and oxygen atoms in total. The fourth-order valence-corrected chi connectivity index (χ4v) is 3.14. The van der Waals surface area contributed by atoms with Crippen LogP contribution in [0.15, 0.2) is 42.5 Å². The van der Waals surface area contributed by atoms with Crippen LogP contribution in [0.5, 0.6) is 0 Å². The van der Waals surface area contributed by atoms with Crippen molar-refractivity contribution in [1.29, 1.82) is 0 Å². The lowest BCUT2D eigenvalue weighted by atomic mass is 10.2. The van der Waals surface area contributed by atoms with Crippen LogP contribution in [-0.2, 0) is 6.54 Å². The molecular weight excluding hydrogens is 285 g/mol. The maximum absolute atomic E-state index is 13.0. The van der Waals surface area contributed by atoms with Gasteiger partial charge in [-0.2, -0.15) is 0 Å². The second-order valence-corrected chi connectivity index (χ2v) is 5.91. The Morgan fingerprint density at radius 2 is 1.95 bits per heavy atom. The Bertz CT molecular complexity index is 752. The first-order chi connectivity index (χ1) is 10.2. The van der Waals surface area contributed by atoms with E-state index in [4.69, 9.17) is 5.73 Å². The van der Waals surface area contributed by atoms with Crippen molar-refractivity contribution in [2.75, 3.05) is 17.2 Å². The summed E-state index contributed by atoms with van der Waals surface area (Å²) in [4.78, 5) is 6.46. The summed E-state index contributed by atoms with van der Waals surface area (Å²) in [6.07, 6.45) is 0. The number of nitrogen functional groups attached to an aromatic ring is 1. The van der Waals surface area contributed by atoms with Crippen LogP contribution in [0.2, 0.25) is 0 Å². The van der Waals surface area contributed by atoms with E-state index in [0.29, 0.717) is 5.13 Å². The van der Waals surface area contributed by atoms with Crippen molar-refractivity contribution < 1.29 is 4.39 Å². The third kappa shape index (κ3) is 2.97. The highest BCUT2D eigenvalue weighted by Crippen LogP contribution is 2.26. The van der Waals surface area contributed by atoms with Crippen molar-refractivity contribution in [1.82, 2.24) is 4.98 Å². The predicted molar refractivity (Wildman–Crippen MR) is 87.2 cm³/mol. The standard InChI is InChI=1S/C16H16FN3S/c1-2-20(13-6-4-12(17)5-7-13)10-11-3-8-14-15(9-11)21-16(18)19-14/h3-9H,2,10H2,1H3,(H2,18,19). The van der Waals surface area contributed by atoms with E-state index in [2.05, 4.69) is 28.9 Å². The molecule has 0 bridgehead atoms. The molecule has 0 saturated heterocycles. The van der Waals surface area contributed by atoms with Gasteiger partial charge in [0.25, 0.3) is 0 Å². The Kier molecular flexibility index (Phi) is 3.75. The number of fused-ring (bicyclic) bond motifs is 1. The molecule has 0 amide bonds. The summed E-state index contributed by atoms with van der Waals surface area (Å²) >= 11 is 1.50. The SMILES string of the molecule is CCN(Cc1ccc2nc(N)sc2c1)c1ccc(F)cc1. The van der Waals surface area contributed by atoms with Gasteiger partial charge in [0.1, 0.15) is 5.82 Å². The summed E-state index contributed by atoms with van der Waals surface area (Å²) in [6.45, 7) is 3.72. The van der Waals surface area contributed by atoms with Gasteiger partial charge in [0.05, 0.1) is 10.2 Å². The minimum Gasteiger partial charge on any atom is -0.375 e. The lowest BCUT2D eigenvalue weighted by Crippen LogP contribution is -2.21. The third-order valence-electron chi connectivity index (χ3n) is 3.42. The quantitative estimate of drug-likeness (QED) is 0.790. The maximum Gasteiger partial charge on any atom is 0.181 e. The number of nitrogens with two attached hydrogens (primary N) is 1. The van der Waals surface area contributed by atoms with Crippen LogP contribution in [0.3, 0.4) is 0 Å². The van der Waals surface area contributed by atoms with Gasteiger partial charge >= 0.3 is 0 Å². The highest BCUT2D eigenvalue weighted by atomic mass is 32.1. The number of nitrogens with zero attached hydrogens (tertiary/aromatic N) is 2. The molecule has 108 valence electrons. The molecule has 0 aliphatic carbocycles. The van der Waals surface area contributed by atoms with Gasteiger partial charge in [-0.3, -0.25) is 0 Å². The highest BCUT2D eigenvalue weighted by Gasteiger charge is 2.08. The number of rotatable bonds is 4. The van der Waals surface area contributed by atoms with E-state index in [0.717, 1.165) is 29.0 Å². The average Bonchev–Trinajstić information content (AvgIpc) is 2.85. The van der Waals surface area contributed by atoms with Gasteiger partial charge in [-0.05, 0) is 48.9 Å². The molecule has 2 aromatic carbocycles. The van der Waals surface area contributed by atoms with Crippen LogP contribution in [0.25, 0.3) is 10.2 Å². The third-order valence-corrected chi connectivity index (χ3v) is 4.26. The molecule has 0 fully saturated rings. The van der Waals surface area contributed by atoms with Crippen LogP contribution in [-0.4, -0.2) is 11.5 Å². The zero-order chi connectivity index (χ0) is 14.8. The first kappa shape index (κ1) is 13.8. The monoisotopic (exact) mass is 301 g/mol. The van der Waals surface area contributed by atoms with Gasteiger partial charge < -0.3 is 10.6 Å². The summed E-state index contributed by atoms with van der Waals surface area (Å²) in [5.41, 5.74) is 8.88. The lowest BCUT2D eigenvalue weighted by molar-refractivity contribution is 0.627. The minimum absolute atomic E-state index is 0.212. The van der Waals surface area contributed by atoms with Gasteiger partial charge in [-0.25, -0.2) is 9.37 Å². The fraction of sp³-hybridized carbons (Fsp3) is 0.188. The number of hydrogen-bond donors (Lipinski definition) is 1. The molecule has 3 rings (SSSR count). The van der Waals surface area contributed by atoms with Crippen molar-refractivity contribution in [2.24, 2.45) is 0 Å². The number of thiazole rings is 1. The fourth-order valence-electron chi connectivity index (χ4n) is 2.34. The van der Waals surface area contributed by atoms with Crippen LogP contribution in [0, 0.1) is 5.82 Å². The summed E-state index contributed by atoms with van der Waals surface area (Å²) < 4.78 is 14.1. The van der Waals surface area contributed by atoms with Gasteiger partial charge in [-0.1, -0.05) is 17.4 Å². The topological polar surface area (TPSA) is 42.2 Å². The Balaban J connectivity index is 1.86. The lowest BCUT2D eigenvalue weighted by Gasteiger charge is -2.23. The molecule has 0 aliphatic heterocycles. The van der Waals surface area contributed by atoms with E-state index in [1.807, 2.05) is 18.2 Å². The molecule has 1 heterocycles. The van der Waals surface area contributed by atoms with Gasteiger partial charge in [0.15, 0.2) is 5.13 Å². The molecule has 21 heavy (non-hydrogen) atoms. The molecule has 0 radical (unpaired) electrons. The minimum atomic E-state index is -0.212. The molecule has 5 heteroatoms. The van der Waals surface area contributed by atoms with Crippen molar-refractivity contribution in [2.45, 2.75) is 13.5 Å². The van der Waals surface area contributed by atoms with E-state index in [9.17, 15) is 4.39 Å². The Morgan fingerprint density at radius 3 is 2.67 bits per heavy atom. The first-order valence-corrected chi connectivity index (χ1v) is 7.63. The van der Waals surface area contributed by atoms with Gasteiger partial charge in [0, 0.05) is 18.8 Å². The predicted octanol–water partition coefficient (Wildman–Crippen LogP) is 4.04. The van der Waals surface area contributed by atoms with E-state index in [-0.39, 0.29) is 5.82 Å². The van der Waals surface area contributed by atoms with Crippen LogP contribution in [0.1, 0.15) is 12.5 Å². The van der Waals surface area contributed by atoms with E-state index in [1.54, 1.807) is 0 Å².